The minimum Gasteiger partial charge on any atom is -0.493 e. The molecule has 0 aliphatic rings. The zero-order valence-corrected chi connectivity index (χ0v) is 13.0. The maximum atomic E-state index is 5.75. The molecule has 2 aromatic carbocycles. The van der Waals surface area contributed by atoms with E-state index < -0.39 is 0 Å². The first-order valence-corrected chi connectivity index (χ1v) is 7.43. The Morgan fingerprint density at radius 3 is 2.48 bits per heavy atom. The van der Waals surface area contributed by atoms with Gasteiger partial charge in [0.05, 0.1) is 19.3 Å². The van der Waals surface area contributed by atoms with E-state index in [1.54, 1.807) is 7.11 Å². The van der Waals surface area contributed by atoms with Crippen molar-refractivity contribution in [3.63, 3.8) is 0 Å². The number of ether oxygens (including phenoxy) is 2. The van der Waals surface area contributed by atoms with Crippen LogP contribution >= 0.6 is 0 Å². The van der Waals surface area contributed by atoms with E-state index in [1.165, 1.54) is 11.1 Å². The van der Waals surface area contributed by atoms with Crippen molar-refractivity contribution < 1.29 is 14.8 Å². The summed E-state index contributed by atoms with van der Waals surface area (Å²) in [6.07, 6.45) is 0. The van der Waals surface area contributed by atoms with Crippen molar-refractivity contribution in [1.82, 2.24) is 0 Å². The molecule has 3 heteroatoms. The van der Waals surface area contributed by atoms with E-state index in [4.69, 9.17) is 9.47 Å². The third-order valence-corrected chi connectivity index (χ3v) is 3.59. The van der Waals surface area contributed by atoms with E-state index in [-0.39, 0.29) is 0 Å². The van der Waals surface area contributed by atoms with Crippen LogP contribution in [0.2, 0.25) is 0 Å². The highest BCUT2D eigenvalue weighted by Gasteiger charge is 2.14. The van der Waals surface area contributed by atoms with E-state index >= 15 is 0 Å². The monoisotopic (exact) mass is 286 g/mol. The number of para-hydroxylation sites is 1. The Balaban J connectivity index is 2.09. The lowest BCUT2D eigenvalue weighted by molar-refractivity contribution is -0.708. The summed E-state index contributed by atoms with van der Waals surface area (Å²) in [7, 11) is 1.68. The Morgan fingerprint density at radius 1 is 1.05 bits per heavy atom. The molecule has 1 atom stereocenters. The van der Waals surface area contributed by atoms with Gasteiger partial charge in [0.25, 0.3) is 0 Å². The molecular weight excluding hydrogens is 262 g/mol. The van der Waals surface area contributed by atoms with Crippen molar-refractivity contribution >= 4 is 0 Å². The van der Waals surface area contributed by atoms with Crippen molar-refractivity contribution in [3.8, 4) is 11.5 Å². The lowest BCUT2D eigenvalue weighted by Crippen LogP contribution is -2.83. The SMILES string of the molecule is CCOc1c(C[NH2+][C@@H](C)c2ccccc2)cccc1OC. The first-order chi connectivity index (χ1) is 10.3. The summed E-state index contributed by atoms with van der Waals surface area (Å²) in [5.41, 5.74) is 2.50. The molecule has 0 spiro atoms. The Labute approximate surface area is 126 Å². The fourth-order valence-electron chi connectivity index (χ4n) is 2.39. The summed E-state index contributed by atoms with van der Waals surface area (Å²) < 4.78 is 11.1. The number of nitrogens with two attached hydrogens (primary N) is 1. The smallest absolute Gasteiger partial charge is 0.169 e. The summed E-state index contributed by atoms with van der Waals surface area (Å²) in [6.45, 7) is 5.71. The summed E-state index contributed by atoms with van der Waals surface area (Å²) in [5.74, 6) is 1.66. The second-order valence-corrected chi connectivity index (χ2v) is 5.02. The molecule has 0 fully saturated rings. The molecule has 0 unspecified atom stereocenters. The standard InChI is InChI=1S/C18H23NO2/c1-4-21-18-16(11-8-12-17(18)20-3)13-19-14(2)15-9-6-5-7-10-15/h5-12,14,19H,4,13H2,1-3H3/p+1/t14-/m0/s1. The summed E-state index contributed by atoms with van der Waals surface area (Å²) in [5, 5.41) is 2.31. The summed E-state index contributed by atoms with van der Waals surface area (Å²) in [4.78, 5) is 0. The normalized spacial score (nSPS) is 12.0. The van der Waals surface area contributed by atoms with Gasteiger partial charge in [0.15, 0.2) is 11.5 Å². The molecule has 0 saturated heterocycles. The predicted octanol–water partition coefficient (Wildman–Crippen LogP) is 2.92. The molecule has 0 saturated carbocycles. The number of hydrogen-bond acceptors (Lipinski definition) is 2. The third-order valence-electron chi connectivity index (χ3n) is 3.59. The lowest BCUT2D eigenvalue weighted by atomic mass is 10.1. The van der Waals surface area contributed by atoms with Gasteiger partial charge in [-0.3, -0.25) is 0 Å². The van der Waals surface area contributed by atoms with Gasteiger partial charge in [-0.15, -0.1) is 0 Å². The zero-order chi connectivity index (χ0) is 15.1. The van der Waals surface area contributed by atoms with Gasteiger partial charge in [-0.2, -0.15) is 0 Å². The molecule has 0 amide bonds. The van der Waals surface area contributed by atoms with Gasteiger partial charge >= 0.3 is 0 Å². The maximum absolute atomic E-state index is 5.75. The van der Waals surface area contributed by atoms with Gasteiger partial charge < -0.3 is 14.8 Å². The van der Waals surface area contributed by atoms with E-state index in [1.807, 2.05) is 25.1 Å². The van der Waals surface area contributed by atoms with Crippen LogP contribution in [0.3, 0.4) is 0 Å². The molecular formula is C18H24NO2+. The largest absolute Gasteiger partial charge is 0.493 e. The van der Waals surface area contributed by atoms with Gasteiger partial charge in [-0.25, -0.2) is 0 Å². The lowest BCUT2D eigenvalue weighted by Gasteiger charge is -2.15. The quantitative estimate of drug-likeness (QED) is 0.849. The molecule has 21 heavy (non-hydrogen) atoms. The molecule has 0 aliphatic carbocycles. The van der Waals surface area contributed by atoms with Crippen LogP contribution in [0.15, 0.2) is 48.5 Å². The second kappa shape index (κ2) is 7.70. The molecule has 3 nitrogen and oxygen atoms in total. The maximum Gasteiger partial charge on any atom is 0.169 e. The third kappa shape index (κ3) is 3.99. The number of rotatable bonds is 7. The van der Waals surface area contributed by atoms with Gasteiger partial charge in [0.2, 0.25) is 0 Å². The second-order valence-electron chi connectivity index (χ2n) is 5.02. The van der Waals surface area contributed by atoms with Crippen LogP contribution in [-0.4, -0.2) is 13.7 Å². The van der Waals surface area contributed by atoms with E-state index in [0.717, 1.165) is 18.0 Å². The molecule has 0 bridgehead atoms. The Hall–Kier alpha value is -2.00. The Morgan fingerprint density at radius 2 is 1.81 bits per heavy atom. The topological polar surface area (TPSA) is 35.1 Å². The van der Waals surface area contributed by atoms with Crippen LogP contribution in [0.25, 0.3) is 0 Å². The minimum absolute atomic E-state index is 0.409. The van der Waals surface area contributed by atoms with Gasteiger partial charge in [-0.1, -0.05) is 36.4 Å². The van der Waals surface area contributed by atoms with Gasteiger partial charge in [-0.05, 0) is 26.0 Å². The first kappa shape index (κ1) is 15.4. The van der Waals surface area contributed by atoms with Crippen LogP contribution in [-0.2, 0) is 6.54 Å². The van der Waals surface area contributed by atoms with Crippen molar-refractivity contribution in [2.24, 2.45) is 0 Å². The first-order valence-electron chi connectivity index (χ1n) is 7.43. The van der Waals surface area contributed by atoms with Crippen molar-refractivity contribution in [2.75, 3.05) is 13.7 Å². The minimum atomic E-state index is 0.409. The van der Waals surface area contributed by atoms with Crippen LogP contribution in [0.4, 0.5) is 0 Å². The van der Waals surface area contributed by atoms with Gasteiger partial charge in [0.1, 0.15) is 12.6 Å². The summed E-state index contributed by atoms with van der Waals surface area (Å²) in [6, 6.07) is 17.0. The average Bonchev–Trinajstić information content (AvgIpc) is 2.54. The molecule has 0 radical (unpaired) electrons. The fraction of sp³-hybridized carbons (Fsp3) is 0.333. The molecule has 0 aliphatic heterocycles. The van der Waals surface area contributed by atoms with Crippen LogP contribution in [0.1, 0.15) is 31.0 Å². The highest BCUT2D eigenvalue weighted by molar-refractivity contribution is 5.46. The van der Waals surface area contributed by atoms with Gasteiger partial charge in [0, 0.05) is 5.56 Å². The molecule has 112 valence electrons. The Bertz CT molecular complexity index is 554. The van der Waals surface area contributed by atoms with Crippen molar-refractivity contribution in [2.45, 2.75) is 26.4 Å². The number of methoxy groups -OCH3 is 1. The highest BCUT2D eigenvalue weighted by atomic mass is 16.5. The summed E-state index contributed by atoms with van der Waals surface area (Å²) >= 11 is 0. The van der Waals surface area contributed by atoms with E-state index in [9.17, 15) is 0 Å². The van der Waals surface area contributed by atoms with Crippen LogP contribution < -0.4 is 14.8 Å². The van der Waals surface area contributed by atoms with Crippen molar-refractivity contribution in [3.05, 3.63) is 59.7 Å². The Kier molecular flexibility index (Phi) is 5.64. The average molecular weight is 286 g/mol. The van der Waals surface area contributed by atoms with Crippen LogP contribution in [0.5, 0.6) is 11.5 Å². The zero-order valence-electron chi connectivity index (χ0n) is 13.0. The van der Waals surface area contributed by atoms with E-state index in [2.05, 4.69) is 42.6 Å². The van der Waals surface area contributed by atoms with E-state index in [0.29, 0.717) is 12.6 Å². The number of quaternary nitrogens is 1. The highest BCUT2D eigenvalue weighted by Crippen LogP contribution is 2.30. The predicted molar refractivity (Wildman–Crippen MR) is 84.6 cm³/mol. The molecule has 2 N–H and O–H groups in total. The molecule has 0 heterocycles. The van der Waals surface area contributed by atoms with Crippen LogP contribution in [0, 0.1) is 0 Å². The number of benzene rings is 2. The molecule has 0 aromatic heterocycles. The molecule has 2 rings (SSSR count). The number of hydrogen-bond donors (Lipinski definition) is 1. The van der Waals surface area contributed by atoms with Crippen molar-refractivity contribution in [1.29, 1.82) is 0 Å². The molecule has 2 aromatic rings. The fourth-order valence-corrected chi connectivity index (χ4v) is 2.39.